The third-order valence-corrected chi connectivity index (χ3v) is 3.98. The van der Waals surface area contributed by atoms with Crippen molar-refractivity contribution in [2.45, 2.75) is 45.2 Å². The van der Waals surface area contributed by atoms with Gasteiger partial charge in [0.2, 0.25) is 0 Å². The van der Waals surface area contributed by atoms with Crippen molar-refractivity contribution >= 4 is 18.0 Å². The average molecular weight is 286 g/mol. The van der Waals surface area contributed by atoms with Gasteiger partial charge in [0.05, 0.1) is 13.5 Å². The largest absolute Gasteiger partial charge is 0.480 e. The minimum Gasteiger partial charge on any atom is -0.480 e. The molecule has 1 aliphatic rings. The first kappa shape index (κ1) is 16.3. The number of nitrogens with one attached hydrogen (secondary N) is 2. The topological polar surface area (TPSA) is 105 Å². The molecule has 0 aliphatic heterocycles. The van der Waals surface area contributed by atoms with Crippen LogP contribution in [-0.4, -0.2) is 42.3 Å². The Labute approximate surface area is 118 Å². The molecule has 20 heavy (non-hydrogen) atoms. The molecule has 2 amide bonds. The van der Waals surface area contributed by atoms with Crippen LogP contribution in [0.15, 0.2) is 0 Å². The molecular weight excluding hydrogens is 264 g/mol. The second-order valence-corrected chi connectivity index (χ2v) is 5.31. The van der Waals surface area contributed by atoms with E-state index in [9.17, 15) is 14.4 Å². The Morgan fingerprint density at radius 1 is 1.30 bits per heavy atom. The van der Waals surface area contributed by atoms with Crippen molar-refractivity contribution < 1.29 is 24.2 Å². The van der Waals surface area contributed by atoms with Crippen LogP contribution in [0.5, 0.6) is 0 Å². The Hall–Kier alpha value is -1.79. The molecule has 0 saturated heterocycles. The van der Waals surface area contributed by atoms with Gasteiger partial charge in [0.1, 0.15) is 6.04 Å². The van der Waals surface area contributed by atoms with Crippen LogP contribution in [0.1, 0.15) is 33.1 Å². The highest BCUT2D eigenvalue weighted by molar-refractivity contribution is 5.86. The van der Waals surface area contributed by atoms with Gasteiger partial charge >= 0.3 is 18.0 Å². The molecule has 0 aromatic rings. The molecule has 3 N–H and O–H groups in total. The first-order chi connectivity index (χ1) is 9.35. The van der Waals surface area contributed by atoms with E-state index in [4.69, 9.17) is 5.11 Å². The molecule has 1 rings (SSSR count). The van der Waals surface area contributed by atoms with E-state index in [2.05, 4.69) is 29.2 Å². The summed E-state index contributed by atoms with van der Waals surface area (Å²) in [5.74, 6) is -1.06. The molecule has 0 radical (unpaired) electrons. The van der Waals surface area contributed by atoms with Gasteiger partial charge in [-0.2, -0.15) is 0 Å². The number of hydrogen-bond acceptors (Lipinski definition) is 4. The summed E-state index contributed by atoms with van der Waals surface area (Å²) in [5, 5.41) is 14.0. The van der Waals surface area contributed by atoms with Gasteiger partial charge in [0.25, 0.3) is 0 Å². The summed E-state index contributed by atoms with van der Waals surface area (Å²) in [6.45, 7) is 4.19. The minimum absolute atomic E-state index is 0.0394. The third-order valence-electron chi connectivity index (χ3n) is 3.98. The monoisotopic (exact) mass is 286 g/mol. The number of carbonyl (C=O) groups excluding carboxylic acids is 2. The van der Waals surface area contributed by atoms with Gasteiger partial charge in [-0.3, -0.25) is 4.79 Å². The lowest BCUT2D eigenvalue weighted by Gasteiger charge is -2.21. The van der Waals surface area contributed by atoms with Crippen LogP contribution in [0.3, 0.4) is 0 Å². The van der Waals surface area contributed by atoms with Crippen molar-refractivity contribution in [2.75, 3.05) is 7.11 Å². The number of rotatable bonds is 5. The van der Waals surface area contributed by atoms with Gasteiger partial charge in [0, 0.05) is 6.04 Å². The first-order valence-corrected chi connectivity index (χ1v) is 6.71. The molecule has 3 unspecified atom stereocenters. The van der Waals surface area contributed by atoms with E-state index >= 15 is 0 Å². The van der Waals surface area contributed by atoms with Gasteiger partial charge in [-0.15, -0.1) is 0 Å². The van der Waals surface area contributed by atoms with Crippen molar-refractivity contribution in [1.29, 1.82) is 0 Å². The second kappa shape index (κ2) is 7.12. The van der Waals surface area contributed by atoms with Gasteiger partial charge in [-0.05, 0) is 24.7 Å². The lowest BCUT2D eigenvalue weighted by molar-refractivity contribution is -0.147. The van der Waals surface area contributed by atoms with E-state index in [0.29, 0.717) is 11.8 Å². The Balaban J connectivity index is 2.50. The molecule has 7 heteroatoms. The number of methoxy groups -OCH3 is 1. The maximum absolute atomic E-state index is 11.8. The number of urea groups is 1. The molecule has 7 nitrogen and oxygen atoms in total. The normalized spacial score (nSPS) is 26.6. The smallest absolute Gasteiger partial charge is 0.326 e. The van der Waals surface area contributed by atoms with E-state index in [0.717, 1.165) is 12.8 Å². The molecule has 0 spiro atoms. The zero-order valence-electron chi connectivity index (χ0n) is 12.0. The lowest BCUT2D eigenvalue weighted by atomic mass is 9.98. The summed E-state index contributed by atoms with van der Waals surface area (Å²) in [5.41, 5.74) is 0. The summed E-state index contributed by atoms with van der Waals surface area (Å²) in [7, 11) is 1.17. The van der Waals surface area contributed by atoms with Crippen LogP contribution in [-0.2, 0) is 14.3 Å². The van der Waals surface area contributed by atoms with Crippen LogP contribution < -0.4 is 10.6 Å². The predicted octanol–water partition coefficient (Wildman–Crippen LogP) is 0.737. The lowest BCUT2D eigenvalue weighted by Crippen LogP contribution is -2.50. The Morgan fingerprint density at radius 2 is 1.95 bits per heavy atom. The van der Waals surface area contributed by atoms with Crippen molar-refractivity contribution in [1.82, 2.24) is 10.6 Å². The molecule has 0 aromatic heterocycles. The highest BCUT2D eigenvalue weighted by Crippen LogP contribution is 2.30. The van der Waals surface area contributed by atoms with Crippen molar-refractivity contribution in [3.8, 4) is 0 Å². The number of carboxylic acid groups (broad SMARTS) is 1. The number of amides is 2. The number of carboxylic acids is 1. The van der Waals surface area contributed by atoms with Crippen molar-refractivity contribution in [3.63, 3.8) is 0 Å². The van der Waals surface area contributed by atoms with Gasteiger partial charge in [-0.1, -0.05) is 13.8 Å². The average Bonchev–Trinajstić information content (AvgIpc) is 2.69. The summed E-state index contributed by atoms with van der Waals surface area (Å²) >= 11 is 0. The SMILES string of the molecule is COC(=O)C[C@H](NC(=O)NC1CCC(C)C1C)C(=O)O. The number of aliphatic carboxylic acids is 1. The van der Waals surface area contributed by atoms with Crippen LogP contribution in [0.4, 0.5) is 4.79 Å². The van der Waals surface area contributed by atoms with E-state index < -0.39 is 30.4 Å². The Kier molecular flexibility index (Phi) is 5.79. The number of ether oxygens (including phenoxy) is 1. The van der Waals surface area contributed by atoms with Crippen LogP contribution in [0.2, 0.25) is 0 Å². The van der Waals surface area contributed by atoms with Gasteiger partial charge in [0.15, 0.2) is 0 Å². The third kappa shape index (κ3) is 4.40. The minimum atomic E-state index is -1.28. The maximum Gasteiger partial charge on any atom is 0.326 e. The molecule has 1 saturated carbocycles. The zero-order valence-corrected chi connectivity index (χ0v) is 12.0. The number of carbonyl (C=O) groups is 3. The van der Waals surface area contributed by atoms with E-state index in [1.807, 2.05) is 0 Å². The maximum atomic E-state index is 11.8. The molecule has 114 valence electrons. The summed E-state index contributed by atoms with van der Waals surface area (Å²) in [6, 6.07) is -1.80. The summed E-state index contributed by atoms with van der Waals surface area (Å²) in [4.78, 5) is 33.9. The zero-order chi connectivity index (χ0) is 15.3. The quantitative estimate of drug-likeness (QED) is 0.646. The molecule has 1 fully saturated rings. The highest BCUT2D eigenvalue weighted by Gasteiger charge is 2.32. The van der Waals surface area contributed by atoms with Crippen LogP contribution in [0, 0.1) is 11.8 Å². The van der Waals surface area contributed by atoms with Crippen molar-refractivity contribution in [2.24, 2.45) is 11.8 Å². The molecule has 1 aliphatic carbocycles. The van der Waals surface area contributed by atoms with E-state index in [1.54, 1.807) is 0 Å². The fraction of sp³-hybridized carbons (Fsp3) is 0.769. The highest BCUT2D eigenvalue weighted by atomic mass is 16.5. The molecular formula is C13H22N2O5. The fourth-order valence-electron chi connectivity index (χ4n) is 2.39. The number of hydrogen-bond donors (Lipinski definition) is 3. The standard InChI is InChI=1S/C13H22N2O5/c1-7-4-5-9(8(7)2)14-13(19)15-10(12(17)18)6-11(16)20-3/h7-10H,4-6H2,1-3H3,(H,17,18)(H2,14,15,19)/t7?,8?,9?,10-/m0/s1. The van der Waals surface area contributed by atoms with Gasteiger partial charge in [-0.25, -0.2) is 9.59 Å². The van der Waals surface area contributed by atoms with Crippen molar-refractivity contribution in [3.05, 3.63) is 0 Å². The first-order valence-electron chi connectivity index (χ1n) is 6.71. The summed E-state index contributed by atoms with van der Waals surface area (Å²) < 4.78 is 4.40. The molecule has 0 bridgehead atoms. The predicted molar refractivity (Wildman–Crippen MR) is 71.1 cm³/mol. The number of esters is 1. The second-order valence-electron chi connectivity index (χ2n) is 5.31. The van der Waals surface area contributed by atoms with E-state index in [-0.39, 0.29) is 6.04 Å². The Morgan fingerprint density at radius 3 is 2.40 bits per heavy atom. The Bertz CT molecular complexity index is 385. The fourth-order valence-corrected chi connectivity index (χ4v) is 2.39. The molecule has 0 aromatic carbocycles. The molecule has 4 atom stereocenters. The van der Waals surface area contributed by atoms with Crippen LogP contribution in [0.25, 0.3) is 0 Å². The summed E-state index contributed by atoms with van der Waals surface area (Å²) in [6.07, 6.45) is 1.52. The molecule has 0 heterocycles. The van der Waals surface area contributed by atoms with Gasteiger partial charge < -0.3 is 20.5 Å². The van der Waals surface area contributed by atoms with E-state index in [1.165, 1.54) is 7.11 Å². The van der Waals surface area contributed by atoms with Crippen LogP contribution >= 0.6 is 0 Å².